The number of benzene rings is 1. The molecule has 3 N–H and O–H groups in total. The minimum absolute atomic E-state index is 0.0837. The van der Waals surface area contributed by atoms with Crippen LogP contribution >= 0.6 is 0 Å². The van der Waals surface area contributed by atoms with Crippen LogP contribution in [0.1, 0.15) is 54.9 Å². The molecule has 3 rings (SSSR count). The summed E-state index contributed by atoms with van der Waals surface area (Å²) < 4.78 is 0. The zero-order valence-electron chi connectivity index (χ0n) is 15.9. The number of rotatable bonds is 4. The number of urea groups is 1. The van der Waals surface area contributed by atoms with Crippen LogP contribution in [0.4, 0.5) is 10.5 Å². The van der Waals surface area contributed by atoms with Crippen molar-refractivity contribution in [1.29, 1.82) is 0 Å². The number of carboxylic acid groups (broad SMARTS) is 1. The van der Waals surface area contributed by atoms with Gasteiger partial charge < -0.3 is 20.6 Å². The van der Waals surface area contributed by atoms with Crippen molar-refractivity contribution < 1.29 is 19.5 Å². The third-order valence-electron chi connectivity index (χ3n) is 5.70. The predicted molar refractivity (Wildman–Crippen MR) is 102 cm³/mol. The Balaban J connectivity index is 1.61. The zero-order chi connectivity index (χ0) is 19.6. The van der Waals surface area contributed by atoms with E-state index in [9.17, 15) is 19.5 Å². The van der Waals surface area contributed by atoms with Gasteiger partial charge in [-0.15, -0.1) is 0 Å². The van der Waals surface area contributed by atoms with Crippen LogP contribution in [0, 0.1) is 12.3 Å². The standard InChI is InChI=1S/C20H27N3O4/c1-13-11-14(17(24)21-15-5-3-4-6-15)7-8-16(13)22-19(27)23-10-9-20(2,12-23)18(25)26/h7-8,11,15H,3-6,9-10,12H2,1-2H3,(H,21,24)(H,22,27)(H,25,26). The molecule has 2 aliphatic rings. The number of carbonyl (C=O) groups is 3. The van der Waals surface area contributed by atoms with Crippen molar-refractivity contribution in [3.05, 3.63) is 29.3 Å². The molecule has 0 spiro atoms. The highest BCUT2D eigenvalue weighted by atomic mass is 16.4. The molecule has 27 heavy (non-hydrogen) atoms. The maximum atomic E-state index is 12.5. The van der Waals surface area contributed by atoms with E-state index in [2.05, 4.69) is 10.6 Å². The Morgan fingerprint density at radius 1 is 1.22 bits per heavy atom. The van der Waals surface area contributed by atoms with Gasteiger partial charge in [-0.3, -0.25) is 9.59 Å². The quantitative estimate of drug-likeness (QED) is 0.755. The summed E-state index contributed by atoms with van der Waals surface area (Å²) in [6, 6.07) is 5.15. The number of nitrogens with zero attached hydrogens (tertiary/aromatic N) is 1. The normalized spacial score (nSPS) is 22.7. The fourth-order valence-corrected chi connectivity index (χ4v) is 3.79. The molecule has 1 aromatic carbocycles. The van der Waals surface area contributed by atoms with Crippen LogP contribution in [0.3, 0.4) is 0 Å². The highest BCUT2D eigenvalue weighted by Gasteiger charge is 2.42. The molecule has 1 saturated carbocycles. The number of aryl methyl sites for hydroxylation is 1. The van der Waals surface area contributed by atoms with Crippen LogP contribution in [-0.4, -0.2) is 47.0 Å². The van der Waals surface area contributed by atoms with Crippen LogP contribution in [0.15, 0.2) is 18.2 Å². The number of hydrogen-bond acceptors (Lipinski definition) is 3. The topological polar surface area (TPSA) is 98.7 Å². The molecule has 146 valence electrons. The summed E-state index contributed by atoms with van der Waals surface area (Å²) in [6.45, 7) is 4.10. The molecule has 1 unspecified atom stereocenters. The number of carbonyl (C=O) groups excluding carboxylic acids is 2. The van der Waals surface area contributed by atoms with Gasteiger partial charge in [0.2, 0.25) is 0 Å². The lowest BCUT2D eigenvalue weighted by molar-refractivity contribution is -0.146. The molecule has 1 aliphatic heterocycles. The van der Waals surface area contributed by atoms with E-state index in [4.69, 9.17) is 0 Å². The number of amides is 3. The molecule has 0 aromatic heterocycles. The number of hydrogen-bond donors (Lipinski definition) is 3. The average Bonchev–Trinajstić information content (AvgIpc) is 3.27. The molecule has 2 fully saturated rings. The number of likely N-dealkylation sites (tertiary alicyclic amines) is 1. The van der Waals surface area contributed by atoms with Crippen LogP contribution in [0.25, 0.3) is 0 Å². The first-order chi connectivity index (χ1) is 12.8. The minimum atomic E-state index is -0.894. The number of carboxylic acids is 1. The molecule has 7 heteroatoms. The third kappa shape index (κ3) is 4.23. The largest absolute Gasteiger partial charge is 0.481 e. The maximum absolute atomic E-state index is 12.5. The van der Waals surface area contributed by atoms with E-state index in [-0.39, 0.29) is 24.5 Å². The minimum Gasteiger partial charge on any atom is -0.481 e. The summed E-state index contributed by atoms with van der Waals surface area (Å²) in [5.74, 6) is -0.966. The lowest BCUT2D eigenvalue weighted by atomic mass is 9.90. The molecule has 7 nitrogen and oxygen atoms in total. The van der Waals surface area contributed by atoms with E-state index in [1.807, 2.05) is 6.92 Å². The molecule has 1 aromatic rings. The summed E-state index contributed by atoms with van der Waals surface area (Å²) >= 11 is 0. The average molecular weight is 373 g/mol. The van der Waals surface area contributed by atoms with E-state index in [0.717, 1.165) is 31.2 Å². The van der Waals surface area contributed by atoms with E-state index < -0.39 is 11.4 Å². The fraction of sp³-hybridized carbons (Fsp3) is 0.550. The lowest BCUT2D eigenvalue weighted by Crippen LogP contribution is -2.37. The van der Waals surface area contributed by atoms with Crippen LogP contribution < -0.4 is 10.6 Å². The smallest absolute Gasteiger partial charge is 0.321 e. The molecular weight excluding hydrogens is 346 g/mol. The summed E-state index contributed by atoms with van der Waals surface area (Å²) in [6.07, 6.45) is 4.82. The van der Waals surface area contributed by atoms with Gasteiger partial charge in [0.1, 0.15) is 0 Å². The number of anilines is 1. The van der Waals surface area contributed by atoms with Gasteiger partial charge in [0.15, 0.2) is 0 Å². The van der Waals surface area contributed by atoms with Crippen LogP contribution in [-0.2, 0) is 4.79 Å². The molecule has 1 saturated heterocycles. The Bertz CT molecular complexity index is 758. The molecule has 1 atom stereocenters. The zero-order valence-corrected chi connectivity index (χ0v) is 15.9. The van der Waals surface area contributed by atoms with E-state index in [0.29, 0.717) is 24.2 Å². The summed E-state index contributed by atoms with van der Waals surface area (Å²) in [5, 5.41) is 15.2. The van der Waals surface area contributed by atoms with Crippen molar-refractivity contribution in [2.75, 3.05) is 18.4 Å². The third-order valence-corrected chi connectivity index (χ3v) is 5.70. The number of nitrogens with one attached hydrogen (secondary N) is 2. The van der Waals surface area contributed by atoms with Gasteiger partial charge in [-0.1, -0.05) is 12.8 Å². The predicted octanol–water partition coefficient (Wildman–Crippen LogP) is 3.00. The van der Waals surface area contributed by atoms with Crippen molar-refractivity contribution in [3.63, 3.8) is 0 Å². The molecule has 3 amide bonds. The van der Waals surface area contributed by atoms with E-state index in [1.54, 1.807) is 25.1 Å². The molecule has 1 aliphatic carbocycles. The van der Waals surface area contributed by atoms with Gasteiger partial charge >= 0.3 is 12.0 Å². The van der Waals surface area contributed by atoms with Crippen molar-refractivity contribution >= 4 is 23.6 Å². The Morgan fingerprint density at radius 3 is 2.52 bits per heavy atom. The fourth-order valence-electron chi connectivity index (χ4n) is 3.79. The Labute approximate surface area is 159 Å². The molecule has 1 heterocycles. The Hall–Kier alpha value is -2.57. The van der Waals surface area contributed by atoms with Gasteiger partial charge in [0, 0.05) is 30.4 Å². The molecule has 0 radical (unpaired) electrons. The maximum Gasteiger partial charge on any atom is 0.321 e. The molecule has 0 bridgehead atoms. The van der Waals surface area contributed by atoms with Gasteiger partial charge in [-0.2, -0.15) is 0 Å². The highest BCUT2D eigenvalue weighted by Crippen LogP contribution is 2.30. The second-order valence-electron chi connectivity index (χ2n) is 7.95. The summed E-state index contributed by atoms with van der Waals surface area (Å²) in [5.41, 5.74) is 1.11. The van der Waals surface area contributed by atoms with Gasteiger partial charge in [-0.25, -0.2) is 4.79 Å². The van der Waals surface area contributed by atoms with Crippen molar-refractivity contribution in [3.8, 4) is 0 Å². The Kier molecular flexibility index (Phi) is 5.39. The first kappa shape index (κ1) is 19.2. The number of aliphatic carboxylic acids is 1. The highest BCUT2D eigenvalue weighted by molar-refractivity contribution is 5.96. The monoisotopic (exact) mass is 373 g/mol. The Morgan fingerprint density at radius 2 is 1.93 bits per heavy atom. The van der Waals surface area contributed by atoms with Gasteiger partial charge in [0.25, 0.3) is 5.91 Å². The summed E-state index contributed by atoms with van der Waals surface area (Å²) in [7, 11) is 0. The molecular formula is C20H27N3O4. The van der Waals surface area contributed by atoms with Gasteiger partial charge in [0.05, 0.1) is 5.41 Å². The van der Waals surface area contributed by atoms with Gasteiger partial charge in [-0.05, 0) is 56.9 Å². The van der Waals surface area contributed by atoms with Crippen molar-refractivity contribution in [2.45, 2.75) is 52.0 Å². The van der Waals surface area contributed by atoms with E-state index in [1.165, 1.54) is 4.90 Å². The first-order valence-electron chi connectivity index (χ1n) is 9.49. The van der Waals surface area contributed by atoms with Crippen LogP contribution in [0.5, 0.6) is 0 Å². The van der Waals surface area contributed by atoms with E-state index >= 15 is 0 Å². The summed E-state index contributed by atoms with van der Waals surface area (Å²) in [4.78, 5) is 37.7. The SMILES string of the molecule is Cc1cc(C(=O)NC2CCCC2)ccc1NC(=O)N1CCC(C)(C(=O)O)C1. The second kappa shape index (κ2) is 7.58. The van der Waals surface area contributed by atoms with Crippen LogP contribution in [0.2, 0.25) is 0 Å². The second-order valence-corrected chi connectivity index (χ2v) is 7.95. The van der Waals surface area contributed by atoms with Crippen molar-refractivity contribution in [1.82, 2.24) is 10.2 Å². The van der Waals surface area contributed by atoms with Crippen molar-refractivity contribution in [2.24, 2.45) is 5.41 Å². The first-order valence-corrected chi connectivity index (χ1v) is 9.49. The lowest BCUT2D eigenvalue weighted by Gasteiger charge is -2.21.